The highest BCUT2D eigenvalue weighted by atomic mass is 32.2. The minimum absolute atomic E-state index is 0.00246. The van der Waals surface area contributed by atoms with E-state index in [1.165, 1.54) is 37.4 Å². The van der Waals surface area contributed by atoms with Crippen LogP contribution in [0, 0.1) is 6.92 Å². The average Bonchev–Trinajstić information content (AvgIpc) is 2.46. The van der Waals surface area contributed by atoms with Crippen molar-refractivity contribution in [3.8, 4) is 11.5 Å². The number of hydrogen-bond acceptors (Lipinski definition) is 6. The van der Waals surface area contributed by atoms with Gasteiger partial charge in [0.25, 0.3) is 0 Å². The highest BCUT2D eigenvalue weighted by Crippen LogP contribution is 2.32. The number of sulfone groups is 1. The minimum atomic E-state index is -4.04. The number of methoxy groups -OCH3 is 1. The van der Waals surface area contributed by atoms with Gasteiger partial charge in [-0.3, -0.25) is 0 Å². The fraction of sp³-hybridized carbons (Fsp3) is 0.200. The third-order valence-corrected chi connectivity index (χ3v) is 5.43. The Labute approximate surface area is 135 Å². The molecule has 0 aliphatic carbocycles. The third-order valence-electron chi connectivity index (χ3n) is 3.07. The summed E-state index contributed by atoms with van der Waals surface area (Å²) in [5.74, 6) is -0.0657. The molecule has 2 aromatic rings. The maximum absolute atomic E-state index is 12.3. The van der Waals surface area contributed by atoms with Crippen LogP contribution >= 0.6 is 0 Å². The summed E-state index contributed by atoms with van der Waals surface area (Å²) in [4.78, 5) is 0.00627. The maximum atomic E-state index is 12.3. The van der Waals surface area contributed by atoms with E-state index in [-0.39, 0.29) is 21.3 Å². The van der Waals surface area contributed by atoms with Crippen molar-refractivity contribution in [3.05, 3.63) is 48.0 Å². The lowest BCUT2D eigenvalue weighted by Crippen LogP contribution is -2.10. The molecule has 0 saturated carbocycles. The Morgan fingerprint density at radius 1 is 0.826 bits per heavy atom. The van der Waals surface area contributed by atoms with Gasteiger partial charge in [0.15, 0.2) is 21.3 Å². The molecule has 0 spiro atoms. The fourth-order valence-corrected chi connectivity index (χ4v) is 3.39. The predicted octanol–water partition coefficient (Wildman–Crippen LogP) is 2.17. The maximum Gasteiger partial charge on any atom is 0.339 e. The molecule has 0 unspecified atom stereocenters. The quantitative estimate of drug-likeness (QED) is 0.763. The summed E-state index contributed by atoms with van der Waals surface area (Å²) in [5, 5.41) is 0. The van der Waals surface area contributed by atoms with Crippen molar-refractivity contribution in [2.45, 2.75) is 16.7 Å². The molecular formula is C15H16O6S2. The molecule has 0 aliphatic heterocycles. The Hall–Kier alpha value is -2.06. The SMILES string of the molecule is COc1cc(S(C)(=O)=O)ccc1OS(=O)(=O)c1ccc(C)cc1. The van der Waals surface area contributed by atoms with Crippen LogP contribution in [0.4, 0.5) is 0 Å². The largest absolute Gasteiger partial charge is 0.493 e. The predicted molar refractivity (Wildman–Crippen MR) is 85.1 cm³/mol. The lowest BCUT2D eigenvalue weighted by molar-refractivity contribution is 0.389. The molecule has 0 bridgehead atoms. The lowest BCUT2D eigenvalue weighted by atomic mass is 10.2. The standard InChI is InChI=1S/C15H16O6S2/c1-11-4-6-12(7-5-11)23(18,19)21-14-9-8-13(22(3,16)17)10-15(14)20-2/h4-10H,1-3H3. The summed E-state index contributed by atoms with van der Waals surface area (Å²) in [5.41, 5.74) is 0.916. The van der Waals surface area contributed by atoms with E-state index in [1.54, 1.807) is 12.1 Å². The van der Waals surface area contributed by atoms with Crippen LogP contribution in [0.3, 0.4) is 0 Å². The minimum Gasteiger partial charge on any atom is -0.493 e. The first-order valence-corrected chi connectivity index (χ1v) is 9.83. The number of benzene rings is 2. The number of hydrogen-bond donors (Lipinski definition) is 0. The number of aryl methyl sites for hydroxylation is 1. The molecule has 0 aliphatic rings. The summed E-state index contributed by atoms with van der Waals surface area (Å²) in [7, 11) is -6.18. The molecule has 8 heteroatoms. The molecular weight excluding hydrogens is 340 g/mol. The molecule has 2 aromatic carbocycles. The Morgan fingerprint density at radius 3 is 1.91 bits per heavy atom. The summed E-state index contributed by atoms with van der Waals surface area (Å²) >= 11 is 0. The van der Waals surface area contributed by atoms with Gasteiger partial charge in [0.05, 0.1) is 12.0 Å². The van der Waals surface area contributed by atoms with E-state index in [0.29, 0.717) is 0 Å². The summed E-state index contributed by atoms with van der Waals surface area (Å²) in [6.07, 6.45) is 1.05. The van der Waals surface area contributed by atoms with Gasteiger partial charge in [0.2, 0.25) is 0 Å². The molecule has 124 valence electrons. The van der Waals surface area contributed by atoms with Gasteiger partial charge in [0, 0.05) is 12.3 Å². The average molecular weight is 356 g/mol. The molecule has 23 heavy (non-hydrogen) atoms. The van der Waals surface area contributed by atoms with E-state index in [4.69, 9.17) is 8.92 Å². The monoisotopic (exact) mass is 356 g/mol. The summed E-state index contributed by atoms with van der Waals surface area (Å²) in [6, 6.07) is 9.90. The van der Waals surface area contributed by atoms with Gasteiger partial charge < -0.3 is 8.92 Å². The van der Waals surface area contributed by atoms with Crippen LogP contribution in [-0.4, -0.2) is 30.2 Å². The third kappa shape index (κ3) is 4.02. The summed E-state index contributed by atoms with van der Waals surface area (Å²) in [6.45, 7) is 1.84. The van der Waals surface area contributed by atoms with Crippen LogP contribution < -0.4 is 8.92 Å². The van der Waals surface area contributed by atoms with Gasteiger partial charge in [-0.05, 0) is 31.2 Å². The molecule has 0 heterocycles. The van der Waals surface area contributed by atoms with Gasteiger partial charge in [-0.2, -0.15) is 8.42 Å². The second-order valence-electron chi connectivity index (χ2n) is 4.94. The normalized spacial score (nSPS) is 12.0. The van der Waals surface area contributed by atoms with Gasteiger partial charge in [0.1, 0.15) is 4.90 Å². The zero-order valence-corrected chi connectivity index (χ0v) is 14.4. The van der Waals surface area contributed by atoms with Crippen molar-refractivity contribution in [2.24, 2.45) is 0 Å². The van der Waals surface area contributed by atoms with Crippen molar-refractivity contribution < 1.29 is 25.8 Å². The van der Waals surface area contributed by atoms with Gasteiger partial charge in [-0.25, -0.2) is 8.42 Å². The fourth-order valence-electron chi connectivity index (χ4n) is 1.82. The van der Waals surface area contributed by atoms with E-state index in [2.05, 4.69) is 0 Å². The van der Waals surface area contributed by atoms with Gasteiger partial charge in [-0.1, -0.05) is 17.7 Å². The number of rotatable bonds is 5. The molecule has 2 rings (SSSR count). The van der Waals surface area contributed by atoms with Crippen LogP contribution in [-0.2, 0) is 20.0 Å². The smallest absolute Gasteiger partial charge is 0.339 e. The Bertz CT molecular complexity index is 913. The molecule has 0 aromatic heterocycles. The van der Waals surface area contributed by atoms with E-state index in [1.807, 2.05) is 6.92 Å². The molecule has 0 radical (unpaired) electrons. The first-order valence-electron chi connectivity index (χ1n) is 6.53. The van der Waals surface area contributed by atoms with Crippen molar-refractivity contribution in [2.75, 3.05) is 13.4 Å². The zero-order valence-electron chi connectivity index (χ0n) is 12.8. The molecule has 0 fully saturated rings. The van der Waals surface area contributed by atoms with Crippen molar-refractivity contribution in [1.29, 1.82) is 0 Å². The zero-order chi connectivity index (χ0) is 17.3. The van der Waals surface area contributed by atoms with E-state index in [9.17, 15) is 16.8 Å². The highest BCUT2D eigenvalue weighted by Gasteiger charge is 2.20. The Kier molecular flexibility index (Phi) is 4.67. The van der Waals surface area contributed by atoms with Crippen LogP contribution in [0.15, 0.2) is 52.3 Å². The first kappa shape index (κ1) is 17.3. The van der Waals surface area contributed by atoms with Crippen LogP contribution in [0.1, 0.15) is 5.56 Å². The Morgan fingerprint density at radius 2 is 1.39 bits per heavy atom. The molecule has 0 atom stereocenters. The molecule has 0 N–H and O–H groups in total. The second-order valence-corrected chi connectivity index (χ2v) is 8.50. The number of ether oxygens (including phenoxy) is 1. The van der Waals surface area contributed by atoms with E-state index < -0.39 is 20.0 Å². The second kappa shape index (κ2) is 6.21. The molecule has 6 nitrogen and oxygen atoms in total. The van der Waals surface area contributed by atoms with Gasteiger partial charge >= 0.3 is 10.1 Å². The van der Waals surface area contributed by atoms with Crippen LogP contribution in [0.25, 0.3) is 0 Å². The molecule has 0 amide bonds. The topological polar surface area (TPSA) is 86.7 Å². The van der Waals surface area contributed by atoms with Crippen LogP contribution in [0.5, 0.6) is 11.5 Å². The van der Waals surface area contributed by atoms with E-state index >= 15 is 0 Å². The van der Waals surface area contributed by atoms with Gasteiger partial charge in [-0.15, -0.1) is 0 Å². The lowest BCUT2D eigenvalue weighted by Gasteiger charge is -2.12. The Balaban J connectivity index is 2.41. The van der Waals surface area contributed by atoms with E-state index in [0.717, 1.165) is 11.8 Å². The first-order chi connectivity index (χ1) is 10.6. The van der Waals surface area contributed by atoms with Crippen LogP contribution in [0.2, 0.25) is 0 Å². The molecule has 0 saturated heterocycles. The summed E-state index contributed by atoms with van der Waals surface area (Å²) < 4.78 is 57.7. The van der Waals surface area contributed by atoms with Crippen molar-refractivity contribution >= 4 is 20.0 Å². The van der Waals surface area contributed by atoms with Crippen molar-refractivity contribution in [1.82, 2.24) is 0 Å². The highest BCUT2D eigenvalue weighted by molar-refractivity contribution is 7.90. The van der Waals surface area contributed by atoms with Crippen molar-refractivity contribution in [3.63, 3.8) is 0 Å².